The van der Waals surface area contributed by atoms with Crippen LogP contribution in [0, 0.1) is 0 Å². The molecule has 0 bridgehead atoms. The van der Waals surface area contributed by atoms with Gasteiger partial charge in [-0.15, -0.1) is 11.3 Å². The number of ketones is 1. The van der Waals surface area contributed by atoms with Gasteiger partial charge in [0.2, 0.25) is 0 Å². The molecule has 11 heavy (non-hydrogen) atoms. The van der Waals surface area contributed by atoms with Gasteiger partial charge in [0.25, 0.3) is 0 Å². The average molecular weight is 168 g/mol. The summed E-state index contributed by atoms with van der Waals surface area (Å²) < 4.78 is 0. The molecule has 2 heteroatoms. The SMILES string of the molecule is CCCc1ccsc1C(C)=O. The highest BCUT2D eigenvalue weighted by Gasteiger charge is 2.06. The highest BCUT2D eigenvalue weighted by atomic mass is 32.1. The van der Waals surface area contributed by atoms with Gasteiger partial charge in [-0.1, -0.05) is 13.3 Å². The zero-order valence-electron chi connectivity index (χ0n) is 6.89. The lowest BCUT2D eigenvalue weighted by Crippen LogP contribution is -1.92. The van der Waals surface area contributed by atoms with Gasteiger partial charge in [0.15, 0.2) is 5.78 Å². The summed E-state index contributed by atoms with van der Waals surface area (Å²) in [4.78, 5) is 11.9. The highest BCUT2D eigenvalue weighted by Crippen LogP contribution is 2.18. The van der Waals surface area contributed by atoms with Crippen molar-refractivity contribution in [1.82, 2.24) is 0 Å². The van der Waals surface area contributed by atoms with Crippen molar-refractivity contribution in [2.75, 3.05) is 0 Å². The molecule has 0 radical (unpaired) electrons. The van der Waals surface area contributed by atoms with Crippen LogP contribution in [0.4, 0.5) is 0 Å². The topological polar surface area (TPSA) is 17.1 Å². The molecule has 0 aromatic carbocycles. The molecule has 1 aromatic heterocycles. The zero-order valence-corrected chi connectivity index (χ0v) is 7.70. The van der Waals surface area contributed by atoms with Crippen LogP contribution < -0.4 is 0 Å². The minimum absolute atomic E-state index is 0.198. The van der Waals surface area contributed by atoms with Gasteiger partial charge in [0, 0.05) is 0 Å². The standard InChI is InChI=1S/C9H12OS/c1-3-4-8-5-6-11-9(8)7(2)10/h5-6H,3-4H2,1-2H3. The van der Waals surface area contributed by atoms with Crippen molar-refractivity contribution in [3.63, 3.8) is 0 Å². The number of thiophene rings is 1. The maximum absolute atomic E-state index is 11.0. The van der Waals surface area contributed by atoms with Crippen LogP contribution in [0.15, 0.2) is 11.4 Å². The monoisotopic (exact) mass is 168 g/mol. The summed E-state index contributed by atoms with van der Waals surface area (Å²) in [5.41, 5.74) is 1.21. The lowest BCUT2D eigenvalue weighted by molar-refractivity contribution is 0.102. The van der Waals surface area contributed by atoms with E-state index in [1.807, 2.05) is 11.4 Å². The van der Waals surface area contributed by atoms with Crippen LogP contribution in [0.5, 0.6) is 0 Å². The molecule has 0 aliphatic rings. The third-order valence-electron chi connectivity index (χ3n) is 1.59. The van der Waals surface area contributed by atoms with Gasteiger partial charge in [-0.3, -0.25) is 4.79 Å². The Morgan fingerprint density at radius 2 is 2.36 bits per heavy atom. The van der Waals surface area contributed by atoms with Crippen molar-refractivity contribution in [3.05, 3.63) is 21.9 Å². The number of carbonyl (C=O) groups excluding carboxylic acids is 1. The van der Waals surface area contributed by atoms with Crippen molar-refractivity contribution >= 4 is 17.1 Å². The van der Waals surface area contributed by atoms with Gasteiger partial charge in [-0.2, -0.15) is 0 Å². The summed E-state index contributed by atoms with van der Waals surface area (Å²) >= 11 is 1.55. The fourth-order valence-corrected chi connectivity index (χ4v) is 1.97. The van der Waals surface area contributed by atoms with Gasteiger partial charge in [0.1, 0.15) is 0 Å². The van der Waals surface area contributed by atoms with Crippen molar-refractivity contribution in [2.45, 2.75) is 26.7 Å². The van der Waals surface area contributed by atoms with Crippen LogP contribution in [-0.4, -0.2) is 5.78 Å². The molecule has 1 nitrogen and oxygen atoms in total. The minimum atomic E-state index is 0.198. The first kappa shape index (κ1) is 8.47. The molecule has 0 N–H and O–H groups in total. The maximum Gasteiger partial charge on any atom is 0.169 e. The molecule has 0 fully saturated rings. The van der Waals surface area contributed by atoms with Crippen LogP contribution in [-0.2, 0) is 6.42 Å². The van der Waals surface area contributed by atoms with Gasteiger partial charge in [0.05, 0.1) is 4.88 Å². The Labute approximate surface area is 71.1 Å². The molecule has 0 atom stereocenters. The van der Waals surface area contributed by atoms with Crippen LogP contribution in [0.25, 0.3) is 0 Å². The molecular weight excluding hydrogens is 156 g/mol. The van der Waals surface area contributed by atoms with E-state index in [4.69, 9.17) is 0 Å². The molecule has 1 heterocycles. The van der Waals surface area contributed by atoms with E-state index in [1.54, 1.807) is 18.3 Å². The first-order chi connectivity index (χ1) is 5.25. The molecule has 0 aliphatic heterocycles. The summed E-state index contributed by atoms with van der Waals surface area (Å²) in [6.07, 6.45) is 2.13. The largest absolute Gasteiger partial charge is 0.294 e. The van der Waals surface area contributed by atoms with E-state index < -0.39 is 0 Å². The molecular formula is C9H12OS. The molecule has 0 spiro atoms. The fourth-order valence-electron chi connectivity index (χ4n) is 1.11. The van der Waals surface area contributed by atoms with E-state index in [0.29, 0.717) is 0 Å². The summed E-state index contributed by atoms with van der Waals surface area (Å²) in [6, 6.07) is 2.05. The smallest absolute Gasteiger partial charge is 0.169 e. The number of hydrogen-bond donors (Lipinski definition) is 0. The Kier molecular flexibility index (Phi) is 2.83. The number of rotatable bonds is 3. The van der Waals surface area contributed by atoms with Gasteiger partial charge in [-0.05, 0) is 30.4 Å². The highest BCUT2D eigenvalue weighted by molar-refractivity contribution is 7.12. The third kappa shape index (κ3) is 1.90. The molecule has 60 valence electrons. The average Bonchev–Trinajstić information content (AvgIpc) is 2.36. The predicted octanol–water partition coefficient (Wildman–Crippen LogP) is 2.90. The lowest BCUT2D eigenvalue weighted by atomic mass is 10.1. The summed E-state index contributed by atoms with van der Waals surface area (Å²) in [7, 11) is 0. The predicted molar refractivity (Wildman–Crippen MR) is 48.3 cm³/mol. The minimum Gasteiger partial charge on any atom is -0.294 e. The Morgan fingerprint density at radius 3 is 2.91 bits per heavy atom. The molecule has 0 amide bonds. The Morgan fingerprint density at radius 1 is 1.64 bits per heavy atom. The van der Waals surface area contributed by atoms with Crippen molar-refractivity contribution < 1.29 is 4.79 Å². The normalized spacial score (nSPS) is 10.0. The number of aryl methyl sites for hydroxylation is 1. The fraction of sp³-hybridized carbons (Fsp3) is 0.444. The number of Topliss-reactive ketones (excluding diaryl/α,β-unsaturated/α-hetero) is 1. The van der Waals surface area contributed by atoms with Gasteiger partial charge in [-0.25, -0.2) is 0 Å². The third-order valence-corrected chi connectivity index (χ3v) is 2.64. The quantitative estimate of drug-likeness (QED) is 0.634. The van der Waals surface area contributed by atoms with E-state index in [-0.39, 0.29) is 5.78 Å². The van der Waals surface area contributed by atoms with Crippen LogP contribution in [0.1, 0.15) is 35.5 Å². The zero-order chi connectivity index (χ0) is 8.27. The van der Waals surface area contributed by atoms with Crippen molar-refractivity contribution in [3.8, 4) is 0 Å². The second-order valence-electron chi connectivity index (χ2n) is 2.58. The molecule has 0 aliphatic carbocycles. The van der Waals surface area contributed by atoms with Crippen LogP contribution in [0.3, 0.4) is 0 Å². The van der Waals surface area contributed by atoms with Crippen molar-refractivity contribution in [2.24, 2.45) is 0 Å². The van der Waals surface area contributed by atoms with E-state index in [1.165, 1.54) is 5.56 Å². The van der Waals surface area contributed by atoms with E-state index in [9.17, 15) is 4.79 Å². The van der Waals surface area contributed by atoms with E-state index in [2.05, 4.69) is 6.92 Å². The second-order valence-corrected chi connectivity index (χ2v) is 3.50. The van der Waals surface area contributed by atoms with Crippen LogP contribution in [0.2, 0.25) is 0 Å². The molecule has 0 unspecified atom stereocenters. The first-order valence-corrected chi connectivity index (χ1v) is 4.71. The maximum atomic E-state index is 11.0. The Balaban J connectivity index is 2.87. The second kappa shape index (κ2) is 3.67. The molecule has 1 aromatic rings. The summed E-state index contributed by atoms with van der Waals surface area (Å²) in [5.74, 6) is 0.198. The van der Waals surface area contributed by atoms with Crippen molar-refractivity contribution in [1.29, 1.82) is 0 Å². The molecule has 1 rings (SSSR count). The van der Waals surface area contributed by atoms with E-state index in [0.717, 1.165) is 17.7 Å². The lowest BCUT2D eigenvalue weighted by Gasteiger charge is -1.95. The van der Waals surface area contributed by atoms with Gasteiger partial charge >= 0.3 is 0 Å². The summed E-state index contributed by atoms with van der Waals surface area (Å²) in [6.45, 7) is 3.76. The molecule has 0 saturated carbocycles. The molecule has 0 saturated heterocycles. The first-order valence-electron chi connectivity index (χ1n) is 3.83. The number of carbonyl (C=O) groups is 1. The summed E-state index contributed by atoms with van der Waals surface area (Å²) in [5, 5.41) is 1.99. The Bertz CT molecular complexity index is 250. The Hall–Kier alpha value is -0.630. The number of hydrogen-bond acceptors (Lipinski definition) is 2. The van der Waals surface area contributed by atoms with Gasteiger partial charge < -0.3 is 0 Å². The van der Waals surface area contributed by atoms with E-state index >= 15 is 0 Å². The van der Waals surface area contributed by atoms with Crippen LogP contribution >= 0.6 is 11.3 Å².